The second-order valence-corrected chi connectivity index (χ2v) is 10.2. The summed E-state index contributed by atoms with van der Waals surface area (Å²) in [5, 5.41) is 7.65. The molecule has 3 aliphatic heterocycles. The quantitative estimate of drug-likeness (QED) is 0.589. The van der Waals surface area contributed by atoms with E-state index in [1.54, 1.807) is 10.7 Å². The van der Waals surface area contributed by atoms with Gasteiger partial charge in [-0.15, -0.1) is 0 Å². The highest BCUT2D eigenvalue weighted by atomic mass is 19.1. The molecule has 1 amide bonds. The number of fused-ring (bicyclic) bond motifs is 2. The average molecular weight is 480 g/mol. The van der Waals surface area contributed by atoms with Crippen molar-refractivity contribution in [1.29, 1.82) is 0 Å². The third-order valence-electron chi connectivity index (χ3n) is 8.06. The summed E-state index contributed by atoms with van der Waals surface area (Å²) in [6.07, 6.45) is 10.8. The predicted octanol–water partition coefficient (Wildman–Crippen LogP) is 4.70. The number of hydrogen-bond acceptors (Lipinski definition) is 4. The maximum atomic E-state index is 14.5. The highest BCUT2D eigenvalue weighted by Crippen LogP contribution is 2.38. The number of carbonyl (C=O) groups is 1. The molecule has 3 aromatic rings. The van der Waals surface area contributed by atoms with E-state index in [1.165, 1.54) is 37.9 Å². The molecular formula is C27H31F2N5O. The third kappa shape index (κ3) is 4.29. The summed E-state index contributed by atoms with van der Waals surface area (Å²) in [5.74, 6) is -0.920. The highest BCUT2D eigenvalue weighted by molar-refractivity contribution is 6.01. The lowest BCUT2D eigenvalue weighted by Crippen LogP contribution is -2.51. The SMILES string of the molecule is O=C(NC1CCN2CCCCC2C1)c1cnn2ccc(N3CCCC3c3cc(F)ccc3F)cc12. The van der Waals surface area contributed by atoms with Gasteiger partial charge in [-0.1, -0.05) is 6.42 Å². The fraction of sp³-hybridized carbons (Fsp3) is 0.481. The Labute approximate surface area is 203 Å². The molecule has 6 nitrogen and oxygen atoms in total. The van der Waals surface area contributed by atoms with Gasteiger partial charge in [-0.3, -0.25) is 4.79 Å². The minimum absolute atomic E-state index is 0.0967. The van der Waals surface area contributed by atoms with Crippen molar-refractivity contribution >= 4 is 17.1 Å². The lowest BCUT2D eigenvalue weighted by atomic mass is 9.90. The molecule has 5 heterocycles. The minimum atomic E-state index is -0.433. The van der Waals surface area contributed by atoms with E-state index in [0.717, 1.165) is 56.0 Å². The Balaban J connectivity index is 1.23. The summed E-state index contributed by atoms with van der Waals surface area (Å²) in [4.78, 5) is 17.9. The largest absolute Gasteiger partial charge is 0.364 e. The van der Waals surface area contributed by atoms with Crippen LogP contribution in [0.3, 0.4) is 0 Å². The number of hydrogen-bond donors (Lipinski definition) is 1. The van der Waals surface area contributed by atoms with Gasteiger partial charge in [-0.05, 0) is 75.4 Å². The minimum Gasteiger partial charge on any atom is -0.364 e. The van der Waals surface area contributed by atoms with Crippen molar-refractivity contribution in [2.75, 3.05) is 24.5 Å². The molecule has 0 spiro atoms. The van der Waals surface area contributed by atoms with E-state index in [1.807, 2.05) is 18.3 Å². The summed E-state index contributed by atoms with van der Waals surface area (Å²) in [7, 11) is 0. The van der Waals surface area contributed by atoms with Gasteiger partial charge in [-0.25, -0.2) is 13.3 Å². The van der Waals surface area contributed by atoms with Gasteiger partial charge >= 0.3 is 0 Å². The van der Waals surface area contributed by atoms with Crippen molar-refractivity contribution in [3.05, 3.63) is 65.5 Å². The second kappa shape index (κ2) is 9.22. The van der Waals surface area contributed by atoms with Crippen molar-refractivity contribution in [2.24, 2.45) is 0 Å². The Bertz CT molecular complexity index is 1240. The predicted molar refractivity (Wildman–Crippen MR) is 131 cm³/mol. The molecule has 1 N–H and O–H groups in total. The topological polar surface area (TPSA) is 52.9 Å². The number of amides is 1. The maximum Gasteiger partial charge on any atom is 0.255 e. The first-order valence-electron chi connectivity index (χ1n) is 12.8. The molecule has 2 aromatic heterocycles. The number of rotatable bonds is 4. The number of anilines is 1. The molecule has 8 heteroatoms. The molecule has 1 aromatic carbocycles. The lowest BCUT2D eigenvalue weighted by molar-refractivity contribution is 0.0767. The maximum absolute atomic E-state index is 14.5. The Morgan fingerprint density at radius 1 is 1.00 bits per heavy atom. The Kier molecular flexibility index (Phi) is 5.92. The van der Waals surface area contributed by atoms with Crippen LogP contribution in [0.5, 0.6) is 0 Å². The molecule has 0 saturated carbocycles. The van der Waals surface area contributed by atoms with Gasteiger partial charge in [-0.2, -0.15) is 5.10 Å². The smallest absolute Gasteiger partial charge is 0.255 e. The molecule has 184 valence electrons. The lowest BCUT2D eigenvalue weighted by Gasteiger charge is -2.42. The standard InChI is InChI=1S/C27H31F2N5O/c28-18-6-7-24(29)22(14-18)25-5-3-11-33(25)21-9-13-34-26(16-21)23(17-30-34)27(35)31-19-8-12-32-10-2-1-4-20(32)15-19/h6-7,9,13-14,16-17,19-20,25H,1-5,8,10-12,15H2,(H,31,35). The number of carbonyl (C=O) groups excluding carboxylic acids is 1. The van der Waals surface area contributed by atoms with E-state index >= 15 is 0 Å². The zero-order chi connectivity index (χ0) is 23.9. The average Bonchev–Trinajstić information content (AvgIpc) is 3.52. The summed E-state index contributed by atoms with van der Waals surface area (Å²) in [6.45, 7) is 2.97. The van der Waals surface area contributed by atoms with Crippen LogP contribution in [-0.2, 0) is 0 Å². The zero-order valence-corrected chi connectivity index (χ0v) is 19.8. The number of aromatic nitrogens is 2. The van der Waals surface area contributed by atoms with Crippen molar-refractivity contribution in [2.45, 2.75) is 63.1 Å². The van der Waals surface area contributed by atoms with E-state index in [-0.39, 0.29) is 18.0 Å². The summed E-state index contributed by atoms with van der Waals surface area (Å²) >= 11 is 0. The molecule has 3 saturated heterocycles. The number of halogens is 2. The molecule has 3 unspecified atom stereocenters. The first-order valence-corrected chi connectivity index (χ1v) is 12.8. The van der Waals surface area contributed by atoms with Crippen LogP contribution in [-0.4, -0.2) is 52.1 Å². The van der Waals surface area contributed by atoms with E-state index in [0.29, 0.717) is 17.2 Å². The van der Waals surface area contributed by atoms with Gasteiger partial charge in [0, 0.05) is 42.6 Å². The fourth-order valence-electron chi connectivity index (χ4n) is 6.28. The number of nitrogens with one attached hydrogen (secondary N) is 1. The summed E-state index contributed by atoms with van der Waals surface area (Å²) < 4.78 is 30.1. The van der Waals surface area contributed by atoms with Crippen molar-refractivity contribution in [3.8, 4) is 0 Å². The molecule has 6 rings (SSSR count). The van der Waals surface area contributed by atoms with Gasteiger partial charge < -0.3 is 15.1 Å². The molecule has 0 aliphatic carbocycles. The monoisotopic (exact) mass is 479 g/mol. The number of piperidine rings is 2. The van der Waals surface area contributed by atoms with Crippen molar-refractivity contribution < 1.29 is 13.6 Å². The Morgan fingerprint density at radius 2 is 1.91 bits per heavy atom. The highest BCUT2D eigenvalue weighted by Gasteiger charge is 2.32. The van der Waals surface area contributed by atoms with Crippen LogP contribution in [0.15, 0.2) is 42.7 Å². The second-order valence-electron chi connectivity index (χ2n) is 10.2. The van der Waals surface area contributed by atoms with Crippen LogP contribution in [0, 0.1) is 11.6 Å². The van der Waals surface area contributed by atoms with Crippen LogP contribution in [0.1, 0.15) is 66.9 Å². The van der Waals surface area contributed by atoms with Crippen molar-refractivity contribution in [1.82, 2.24) is 19.8 Å². The number of nitrogens with zero attached hydrogens (tertiary/aromatic N) is 4. The van der Waals surface area contributed by atoms with Gasteiger partial charge in [0.2, 0.25) is 0 Å². The molecule has 35 heavy (non-hydrogen) atoms. The zero-order valence-electron chi connectivity index (χ0n) is 19.8. The van der Waals surface area contributed by atoms with E-state index in [2.05, 4.69) is 20.2 Å². The van der Waals surface area contributed by atoms with Gasteiger partial charge in [0.15, 0.2) is 0 Å². The summed E-state index contributed by atoms with van der Waals surface area (Å²) in [5.41, 5.74) is 2.53. The Morgan fingerprint density at radius 3 is 2.83 bits per heavy atom. The third-order valence-corrected chi connectivity index (χ3v) is 8.06. The first-order chi connectivity index (χ1) is 17.1. The molecular weight excluding hydrogens is 448 g/mol. The van der Waals surface area contributed by atoms with Crippen LogP contribution in [0.2, 0.25) is 0 Å². The molecule has 0 radical (unpaired) electrons. The van der Waals surface area contributed by atoms with E-state index in [4.69, 9.17) is 0 Å². The number of benzene rings is 1. The summed E-state index contributed by atoms with van der Waals surface area (Å²) in [6, 6.07) is 8.03. The van der Waals surface area contributed by atoms with Crippen LogP contribution < -0.4 is 10.2 Å². The Hall–Kier alpha value is -3.00. The van der Waals surface area contributed by atoms with E-state index < -0.39 is 11.6 Å². The van der Waals surface area contributed by atoms with E-state index in [9.17, 15) is 13.6 Å². The van der Waals surface area contributed by atoms with Gasteiger partial charge in [0.25, 0.3) is 5.91 Å². The first kappa shape index (κ1) is 22.5. The molecule has 0 bridgehead atoms. The van der Waals surface area contributed by atoms with Crippen molar-refractivity contribution in [3.63, 3.8) is 0 Å². The molecule has 3 fully saturated rings. The van der Waals surface area contributed by atoms with Crippen LogP contribution in [0.4, 0.5) is 14.5 Å². The van der Waals surface area contributed by atoms with Gasteiger partial charge in [0.05, 0.1) is 23.3 Å². The normalized spacial score (nSPS) is 25.1. The van der Waals surface area contributed by atoms with Gasteiger partial charge in [0.1, 0.15) is 11.6 Å². The molecule has 3 aliphatic rings. The van der Waals surface area contributed by atoms with Crippen LogP contribution in [0.25, 0.3) is 5.52 Å². The fourth-order valence-corrected chi connectivity index (χ4v) is 6.28. The van der Waals surface area contributed by atoms with Crippen LogP contribution >= 0.6 is 0 Å². The number of pyridine rings is 1. The molecule has 3 atom stereocenters.